The lowest BCUT2D eigenvalue weighted by molar-refractivity contribution is -0.122. The molecule has 0 aromatic heterocycles. The van der Waals surface area contributed by atoms with Crippen LogP contribution in [-0.2, 0) is 4.79 Å². The summed E-state index contributed by atoms with van der Waals surface area (Å²) in [5, 5.41) is 2.99. The van der Waals surface area contributed by atoms with Gasteiger partial charge in [-0.3, -0.25) is 4.79 Å². The molecule has 0 saturated carbocycles. The Morgan fingerprint density at radius 2 is 1.58 bits per heavy atom. The zero-order valence-electron chi connectivity index (χ0n) is 15.3. The second-order valence-electron chi connectivity index (χ2n) is 6.41. The molecule has 0 aliphatic rings. The van der Waals surface area contributed by atoms with Crippen LogP contribution in [0.15, 0.2) is 72.8 Å². The molecule has 0 fully saturated rings. The lowest BCUT2D eigenvalue weighted by atomic mass is 10.0. The first-order valence-corrected chi connectivity index (χ1v) is 8.74. The van der Waals surface area contributed by atoms with Crippen LogP contribution in [0.4, 0.5) is 5.69 Å². The molecule has 1 atom stereocenters. The number of ether oxygens (including phenoxy) is 1. The highest BCUT2D eigenvalue weighted by atomic mass is 16.5. The maximum Gasteiger partial charge on any atom is 0.265 e. The van der Waals surface area contributed by atoms with E-state index in [0.29, 0.717) is 5.75 Å². The number of nitrogens with one attached hydrogen (secondary N) is 1. The third kappa shape index (κ3) is 4.12. The van der Waals surface area contributed by atoms with Crippen molar-refractivity contribution in [2.24, 2.45) is 0 Å². The molecule has 0 heterocycles. The Morgan fingerprint density at radius 1 is 0.885 bits per heavy atom. The van der Waals surface area contributed by atoms with Gasteiger partial charge in [-0.1, -0.05) is 54.6 Å². The normalized spacial score (nSPS) is 11.7. The van der Waals surface area contributed by atoms with Gasteiger partial charge < -0.3 is 10.1 Å². The third-order valence-corrected chi connectivity index (χ3v) is 4.43. The highest BCUT2D eigenvalue weighted by molar-refractivity contribution is 5.98. The molecule has 0 bridgehead atoms. The van der Waals surface area contributed by atoms with E-state index in [-0.39, 0.29) is 5.91 Å². The van der Waals surface area contributed by atoms with Crippen molar-refractivity contribution in [3.8, 4) is 16.9 Å². The van der Waals surface area contributed by atoms with Crippen molar-refractivity contribution < 1.29 is 9.53 Å². The molecule has 0 spiro atoms. The minimum Gasteiger partial charge on any atom is -0.481 e. The van der Waals surface area contributed by atoms with Gasteiger partial charge in [0.1, 0.15) is 5.75 Å². The molecule has 1 amide bonds. The Balaban J connectivity index is 1.74. The van der Waals surface area contributed by atoms with Crippen LogP contribution < -0.4 is 10.1 Å². The highest BCUT2D eigenvalue weighted by Crippen LogP contribution is 2.28. The lowest BCUT2D eigenvalue weighted by Crippen LogP contribution is -2.30. The van der Waals surface area contributed by atoms with Gasteiger partial charge in [0.25, 0.3) is 5.91 Å². The van der Waals surface area contributed by atoms with Gasteiger partial charge in [-0.05, 0) is 55.7 Å². The number of aryl methyl sites for hydroxylation is 2. The minimum absolute atomic E-state index is 0.174. The van der Waals surface area contributed by atoms with Gasteiger partial charge in [0, 0.05) is 11.3 Å². The maximum absolute atomic E-state index is 12.6. The summed E-state index contributed by atoms with van der Waals surface area (Å²) >= 11 is 0. The molecule has 3 aromatic rings. The smallest absolute Gasteiger partial charge is 0.265 e. The van der Waals surface area contributed by atoms with Gasteiger partial charge in [-0.2, -0.15) is 0 Å². The number of rotatable bonds is 5. The van der Waals surface area contributed by atoms with Crippen molar-refractivity contribution in [3.05, 3.63) is 83.9 Å². The number of hydrogen-bond acceptors (Lipinski definition) is 2. The van der Waals surface area contributed by atoms with Crippen molar-refractivity contribution in [1.29, 1.82) is 0 Å². The van der Waals surface area contributed by atoms with Crippen LogP contribution in [0.2, 0.25) is 0 Å². The number of carbonyl (C=O) groups excluding carboxylic acids is 1. The molecule has 0 aliphatic carbocycles. The fraction of sp³-hybridized carbons (Fsp3) is 0.174. The van der Waals surface area contributed by atoms with Gasteiger partial charge in [0.2, 0.25) is 0 Å². The summed E-state index contributed by atoms with van der Waals surface area (Å²) in [7, 11) is 0. The predicted octanol–water partition coefficient (Wildman–Crippen LogP) is 5.38. The summed E-state index contributed by atoms with van der Waals surface area (Å²) in [6.07, 6.45) is -0.596. The monoisotopic (exact) mass is 345 g/mol. The van der Waals surface area contributed by atoms with Gasteiger partial charge in [0.15, 0.2) is 6.10 Å². The fourth-order valence-electron chi connectivity index (χ4n) is 2.74. The topological polar surface area (TPSA) is 38.3 Å². The zero-order chi connectivity index (χ0) is 18.5. The largest absolute Gasteiger partial charge is 0.481 e. The molecule has 0 unspecified atom stereocenters. The molecule has 3 nitrogen and oxygen atoms in total. The molecule has 3 aromatic carbocycles. The molecule has 132 valence electrons. The van der Waals surface area contributed by atoms with E-state index in [4.69, 9.17) is 4.74 Å². The number of benzene rings is 3. The van der Waals surface area contributed by atoms with Crippen LogP contribution >= 0.6 is 0 Å². The summed E-state index contributed by atoms with van der Waals surface area (Å²) in [6.45, 7) is 5.84. The van der Waals surface area contributed by atoms with Crippen LogP contribution in [0.25, 0.3) is 11.1 Å². The van der Waals surface area contributed by atoms with Gasteiger partial charge >= 0.3 is 0 Å². The Morgan fingerprint density at radius 3 is 2.31 bits per heavy atom. The van der Waals surface area contributed by atoms with Gasteiger partial charge in [0.05, 0.1) is 0 Å². The molecule has 0 saturated heterocycles. The first kappa shape index (κ1) is 17.7. The predicted molar refractivity (Wildman–Crippen MR) is 107 cm³/mol. The molecular weight excluding hydrogens is 322 g/mol. The average Bonchev–Trinajstić information content (AvgIpc) is 2.66. The van der Waals surface area contributed by atoms with E-state index in [9.17, 15) is 4.79 Å². The van der Waals surface area contributed by atoms with E-state index < -0.39 is 6.10 Å². The molecule has 3 rings (SSSR count). The number of hydrogen-bond donors (Lipinski definition) is 1. The number of carbonyl (C=O) groups is 1. The minimum atomic E-state index is -0.596. The summed E-state index contributed by atoms with van der Waals surface area (Å²) in [5.41, 5.74) is 5.17. The van der Waals surface area contributed by atoms with E-state index in [1.54, 1.807) is 6.92 Å². The van der Waals surface area contributed by atoms with E-state index >= 15 is 0 Å². The van der Waals surface area contributed by atoms with Gasteiger partial charge in [-0.25, -0.2) is 0 Å². The Kier molecular flexibility index (Phi) is 5.37. The maximum atomic E-state index is 12.6. The summed E-state index contributed by atoms with van der Waals surface area (Å²) < 4.78 is 5.82. The Bertz CT molecular complexity index is 903. The first-order valence-electron chi connectivity index (χ1n) is 8.74. The fourth-order valence-corrected chi connectivity index (χ4v) is 2.74. The number of amides is 1. The summed E-state index contributed by atoms with van der Waals surface area (Å²) in [6, 6.07) is 23.6. The highest BCUT2D eigenvalue weighted by Gasteiger charge is 2.17. The lowest BCUT2D eigenvalue weighted by Gasteiger charge is -2.17. The van der Waals surface area contributed by atoms with E-state index in [0.717, 1.165) is 22.4 Å². The van der Waals surface area contributed by atoms with Crippen LogP contribution in [0.3, 0.4) is 0 Å². The molecule has 1 N–H and O–H groups in total. The summed E-state index contributed by atoms with van der Waals surface area (Å²) in [5.74, 6) is 0.527. The van der Waals surface area contributed by atoms with Crippen LogP contribution in [0, 0.1) is 13.8 Å². The van der Waals surface area contributed by atoms with Gasteiger partial charge in [-0.15, -0.1) is 0 Å². The van der Waals surface area contributed by atoms with Crippen molar-refractivity contribution in [2.75, 3.05) is 5.32 Å². The zero-order valence-corrected chi connectivity index (χ0v) is 15.3. The number of para-hydroxylation sites is 1. The summed E-state index contributed by atoms with van der Waals surface area (Å²) in [4.78, 5) is 12.6. The third-order valence-electron chi connectivity index (χ3n) is 4.43. The Labute approximate surface area is 154 Å². The molecule has 0 radical (unpaired) electrons. The molecule has 3 heteroatoms. The number of anilines is 1. The first-order chi connectivity index (χ1) is 12.5. The molecule has 0 aliphatic heterocycles. The second kappa shape index (κ2) is 7.87. The standard InChI is InChI=1S/C23H23NO2/c1-16-13-14-20(15-17(16)2)26-18(3)23(25)24-22-12-8-7-11-21(22)19-9-5-4-6-10-19/h4-15,18H,1-3H3,(H,24,25)/t18-/m0/s1. The van der Waals surface area contributed by atoms with E-state index in [1.165, 1.54) is 5.56 Å². The quantitative estimate of drug-likeness (QED) is 0.674. The molecule has 26 heavy (non-hydrogen) atoms. The van der Waals surface area contributed by atoms with Crippen LogP contribution in [0.1, 0.15) is 18.1 Å². The van der Waals surface area contributed by atoms with E-state index in [2.05, 4.69) is 12.2 Å². The average molecular weight is 345 g/mol. The van der Waals surface area contributed by atoms with Crippen molar-refractivity contribution >= 4 is 11.6 Å². The molecular formula is C23H23NO2. The van der Waals surface area contributed by atoms with Crippen LogP contribution in [-0.4, -0.2) is 12.0 Å². The van der Waals surface area contributed by atoms with Crippen LogP contribution in [0.5, 0.6) is 5.75 Å². The van der Waals surface area contributed by atoms with Crippen molar-refractivity contribution in [3.63, 3.8) is 0 Å². The Hall–Kier alpha value is -3.07. The van der Waals surface area contributed by atoms with E-state index in [1.807, 2.05) is 79.7 Å². The van der Waals surface area contributed by atoms with Crippen molar-refractivity contribution in [2.45, 2.75) is 26.9 Å². The second-order valence-corrected chi connectivity index (χ2v) is 6.41. The SMILES string of the molecule is Cc1ccc(O[C@@H](C)C(=O)Nc2ccccc2-c2ccccc2)cc1C. The van der Waals surface area contributed by atoms with Crippen molar-refractivity contribution in [1.82, 2.24) is 0 Å².